The Hall–Kier alpha value is -0.610. The van der Waals surface area contributed by atoms with Gasteiger partial charge in [-0.05, 0) is 31.8 Å². The minimum Gasteiger partial charge on any atom is -0.385 e. The smallest absolute Gasteiger partial charge is 0.222 e. The van der Waals surface area contributed by atoms with E-state index in [0.29, 0.717) is 12.3 Å². The van der Waals surface area contributed by atoms with Crippen molar-refractivity contribution in [2.75, 3.05) is 40.4 Å². The van der Waals surface area contributed by atoms with E-state index in [2.05, 4.69) is 5.32 Å². The summed E-state index contributed by atoms with van der Waals surface area (Å²) in [6.45, 7) is 3.58. The van der Waals surface area contributed by atoms with Crippen LogP contribution < -0.4 is 5.32 Å². The molecule has 0 aromatic heterocycles. The van der Waals surface area contributed by atoms with Gasteiger partial charge >= 0.3 is 0 Å². The average molecular weight is 214 g/mol. The molecule has 1 rings (SSSR count). The fraction of sp³-hybridized carbons (Fsp3) is 0.909. The van der Waals surface area contributed by atoms with E-state index in [4.69, 9.17) is 4.74 Å². The molecule has 4 heteroatoms. The maximum atomic E-state index is 11.8. The van der Waals surface area contributed by atoms with Gasteiger partial charge in [0.1, 0.15) is 0 Å². The van der Waals surface area contributed by atoms with E-state index in [0.717, 1.165) is 39.1 Å². The van der Waals surface area contributed by atoms with Crippen LogP contribution in [0.3, 0.4) is 0 Å². The van der Waals surface area contributed by atoms with E-state index in [1.807, 2.05) is 11.9 Å². The van der Waals surface area contributed by atoms with Gasteiger partial charge in [0, 0.05) is 33.7 Å². The molecule has 0 radical (unpaired) electrons. The van der Waals surface area contributed by atoms with Crippen molar-refractivity contribution in [1.82, 2.24) is 10.2 Å². The van der Waals surface area contributed by atoms with Gasteiger partial charge in [0.05, 0.1) is 0 Å². The van der Waals surface area contributed by atoms with E-state index in [-0.39, 0.29) is 5.91 Å². The van der Waals surface area contributed by atoms with Crippen LogP contribution in [-0.2, 0) is 9.53 Å². The first-order chi connectivity index (χ1) is 7.24. The summed E-state index contributed by atoms with van der Waals surface area (Å²) in [4.78, 5) is 13.6. The molecule has 1 fully saturated rings. The number of hydrogen-bond acceptors (Lipinski definition) is 3. The molecule has 0 aromatic rings. The van der Waals surface area contributed by atoms with Gasteiger partial charge in [0.15, 0.2) is 0 Å². The molecule has 0 saturated carbocycles. The van der Waals surface area contributed by atoms with Crippen LogP contribution in [-0.4, -0.2) is 51.2 Å². The first-order valence-electron chi connectivity index (χ1n) is 5.67. The second-order valence-electron chi connectivity index (χ2n) is 4.22. The molecular weight excluding hydrogens is 192 g/mol. The van der Waals surface area contributed by atoms with Crippen LogP contribution in [0.1, 0.15) is 19.3 Å². The quantitative estimate of drug-likeness (QED) is 0.654. The number of carbonyl (C=O) groups excluding carboxylic acids is 1. The van der Waals surface area contributed by atoms with E-state index in [1.165, 1.54) is 0 Å². The lowest BCUT2D eigenvalue weighted by molar-refractivity contribution is -0.130. The van der Waals surface area contributed by atoms with E-state index < -0.39 is 0 Å². The fourth-order valence-corrected chi connectivity index (χ4v) is 1.86. The van der Waals surface area contributed by atoms with Crippen molar-refractivity contribution in [2.24, 2.45) is 5.92 Å². The normalized spacial score (nSPS) is 20.5. The molecule has 15 heavy (non-hydrogen) atoms. The van der Waals surface area contributed by atoms with Crippen molar-refractivity contribution in [1.29, 1.82) is 0 Å². The van der Waals surface area contributed by atoms with Gasteiger partial charge < -0.3 is 15.0 Å². The van der Waals surface area contributed by atoms with Crippen LogP contribution in [0.15, 0.2) is 0 Å². The first-order valence-corrected chi connectivity index (χ1v) is 5.67. The van der Waals surface area contributed by atoms with Gasteiger partial charge in [-0.3, -0.25) is 4.79 Å². The molecule has 0 bridgehead atoms. The van der Waals surface area contributed by atoms with Gasteiger partial charge in [-0.15, -0.1) is 0 Å². The zero-order valence-corrected chi connectivity index (χ0v) is 9.79. The number of hydrogen-bond donors (Lipinski definition) is 1. The van der Waals surface area contributed by atoms with Crippen molar-refractivity contribution < 1.29 is 9.53 Å². The third-order valence-electron chi connectivity index (χ3n) is 2.89. The molecule has 0 aliphatic carbocycles. The predicted octanol–water partition coefficient (Wildman–Crippen LogP) is 0.481. The number of nitrogens with zero attached hydrogens (tertiary/aromatic N) is 1. The molecule has 1 atom stereocenters. The third-order valence-corrected chi connectivity index (χ3v) is 2.89. The molecular formula is C11H22N2O2. The van der Waals surface area contributed by atoms with Gasteiger partial charge in [0.25, 0.3) is 0 Å². The molecule has 0 spiro atoms. The highest BCUT2D eigenvalue weighted by Gasteiger charge is 2.19. The van der Waals surface area contributed by atoms with Crippen molar-refractivity contribution in [2.45, 2.75) is 19.3 Å². The lowest BCUT2D eigenvalue weighted by Gasteiger charge is -2.18. The monoisotopic (exact) mass is 214 g/mol. The lowest BCUT2D eigenvalue weighted by Crippen LogP contribution is -2.30. The Bertz CT molecular complexity index is 191. The van der Waals surface area contributed by atoms with Crippen LogP contribution >= 0.6 is 0 Å². The first kappa shape index (κ1) is 12.5. The second kappa shape index (κ2) is 6.80. The number of rotatable bonds is 6. The van der Waals surface area contributed by atoms with Crippen LogP contribution in [0.2, 0.25) is 0 Å². The fourth-order valence-electron chi connectivity index (χ4n) is 1.86. The molecule has 1 N–H and O–H groups in total. The minimum atomic E-state index is 0.264. The average Bonchev–Trinajstić information content (AvgIpc) is 2.70. The van der Waals surface area contributed by atoms with Gasteiger partial charge in [-0.25, -0.2) is 0 Å². The maximum absolute atomic E-state index is 11.8. The number of methoxy groups -OCH3 is 1. The highest BCUT2D eigenvalue weighted by molar-refractivity contribution is 5.76. The van der Waals surface area contributed by atoms with E-state index in [9.17, 15) is 4.79 Å². The maximum Gasteiger partial charge on any atom is 0.222 e. The Morgan fingerprint density at radius 2 is 2.40 bits per heavy atom. The molecule has 1 heterocycles. The number of nitrogens with one attached hydrogen (secondary N) is 1. The molecule has 1 saturated heterocycles. The van der Waals surface area contributed by atoms with Crippen molar-refractivity contribution in [3.63, 3.8) is 0 Å². The highest BCUT2D eigenvalue weighted by Crippen LogP contribution is 2.13. The Kier molecular flexibility index (Phi) is 5.65. The standard InChI is InChI=1S/C11H22N2O2/c1-13(6-3-7-15-2)11(14)8-10-4-5-12-9-10/h10,12H,3-9H2,1-2H3. The minimum absolute atomic E-state index is 0.264. The van der Waals surface area contributed by atoms with E-state index in [1.54, 1.807) is 7.11 Å². The van der Waals surface area contributed by atoms with Gasteiger partial charge in [0.2, 0.25) is 5.91 Å². The topological polar surface area (TPSA) is 41.6 Å². The molecule has 1 aliphatic rings. The lowest BCUT2D eigenvalue weighted by atomic mass is 10.0. The van der Waals surface area contributed by atoms with Crippen LogP contribution in [0, 0.1) is 5.92 Å². The summed E-state index contributed by atoms with van der Waals surface area (Å²) in [5.74, 6) is 0.808. The largest absolute Gasteiger partial charge is 0.385 e. The summed E-state index contributed by atoms with van der Waals surface area (Å²) in [5, 5.41) is 3.28. The number of ether oxygens (including phenoxy) is 1. The Labute approximate surface area is 92.0 Å². The number of carbonyl (C=O) groups is 1. The molecule has 88 valence electrons. The van der Waals surface area contributed by atoms with Crippen LogP contribution in [0.25, 0.3) is 0 Å². The molecule has 1 aliphatic heterocycles. The van der Waals surface area contributed by atoms with Gasteiger partial charge in [-0.1, -0.05) is 0 Å². The Balaban J connectivity index is 2.14. The molecule has 1 unspecified atom stereocenters. The van der Waals surface area contributed by atoms with E-state index >= 15 is 0 Å². The molecule has 1 amide bonds. The van der Waals surface area contributed by atoms with Crippen LogP contribution in [0.5, 0.6) is 0 Å². The summed E-state index contributed by atoms with van der Waals surface area (Å²) in [7, 11) is 3.56. The Morgan fingerprint density at radius 1 is 1.60 bits per heavy atom. The highest BCUT2D eigenvalue weighted by atomic mass is 16.5. The van der Waals surface area contributed by atoms with Crippen LogP contribution in [0.4, 0.5) is 0 Å². The van der Waals surface area contributed by atoms with Crippen molar-refractivity contribution in [3.8, 4) is 0 Å². The summed E-state index contributed by atoms with van der Waals surface area (Å²) in [6, 6.07) is 0. The molecule has 0 aromatic carbocycles. The zero-order valence-electron chi connectivity index (χ0n) is 9.79. The van der Waals surface area contributed by atoms with Crippen molar-refractivity contribution >= 4 is 5.91 Å². The summed E-state index contributed by atoms with van der Waals surface area (Å²) < 4.78 is 4.96. The summed E-state index contributed by atoms with van der Waals surface area (Å²) in [6.07, 6.45) is 2.75. The van der Waals surface area contributed by atoms with Gasteiger partial charge in [-0.2, -0.15) is 0 Å². The zero-order chi connectivity index (χ0) is 11.1. The Morgan fingerprint density at radius 3 is 3.00 bits per heavy atom. The third kappa shape index (κ3) is 4.62. The summed E-state index contributed by atoms with van der Waals surface area (Å²) >= 11 is 0. The predicted molar refractivity (Wildman–Crippen MR) is 59.7 cm³/mol. The number of amides is 1. The van der Waals surface area contributed by atoms with Crippen molar-refractivity contribution in [3.05, 3.63) is 0 Å². The summed E-state index contributed by atoms with van der Waals surface area (Å²) in [5.41, 5.74) is 0. The SMILES string of the molecule is COCCCN(C)C(=O)CC1CCNC1. The molecule has 4 nitrogen and oxygen atoms in total. The second-order valence-corrected chi connectivity index (χ2v) is 4.22.